The van der Waals surface area contributed by atoms with E-state index in [-0.39, 0.29) is 5.54 Å². The lowest BCUT2D eigenvalue weighted by molar-refractivity contribution is 0.670. The van der Waals surface area contributed by atoms with Gasteiger partial charge in [-0.3, -0.25) is 4.99 Å². The zero-order chi connectivity index (χ0) is 13.3. The van der Waals surface area contributed by atoms with Crippen molar-refractivity contribution in [3.8, 4) is 0 Å². The molecule has 0 unspecified atom stereocenters. The van der Waals surface area contributed by atoms with Crippen molar-refractivity contribution in [1.29, 1.82) is 0 Å². The quantitative estimate of drug-likeness (QED) is 0.748. The van der Waals surface area contributed by atoms with Crippen molar-refractivity contribution in [3.63, 3.8) is 0 Å². The molecule has 3 rings (SSSR count). The van der Waals surface area contributed by atoms with Gasteiger partial charge >= 0.3 is 0 Å². The number of hydrogen-bond donors (Lipinski definition) is 0. The van der Waals surface area contributed by atoms with E-state index >= 15 is 0 Å². The SMILES string of the molecule is CC1(C)C=C(c2ccccc2)C(c2ccccc2)=N1. The second-order valence-corrected chi connectivity index (χ2v) is 5.40. The predicted molar refractivity (Wildman–Crippen MR) is 81.5 cm³/mol. The van der Waals surface area contributed by atoms with Crippen LogP contribution in [0.15, 0.2) is 71.7 Å². The van der Waals surface area contributed by atoms with Gasteiger partial charge in [0.05, 0.1) is 11.3 Å². The molecule has 0 aliphatic carbocycles. The van der Waals surface area contributed by atoms with Crippen molar-refractivity contribution in [1.82, 2.24) is 0 Å². The molecule has 1 nitrogen and oxygen atoms in total. The summed E-state index contributed by atoms with van der Waals surface area (Å²) in [4.78, 5) is 4.87. The van der Waals surface area contributed by atoms with E-state index in [1.54, 1.807) is 0 Å². The summed E-state index contributed by atoms with van der Waals surface area (Å²) in [6.07, 6.45) is 2.25. The van der Waals surface area contributed by atoms with Crippen molar-refractivity contribution in [2.45, 2.75) is 19.4 Å². The molecule has 0 saturated carbocycles. The summed E-state index contributed by atoms with van der Waals surface area (Å²) in [5, 5.41) is 0. The van der Waals surface area contributed by atoms with Crippen LogP contribution in [0.5, 0.6) is 0 Å². The molecule has 2 aromatic carbocycles. The lowest BCUT2D eigenvalue weighted by Gasteiger charge is -2.09. The van der Waals surface area contributed by atoms with Gasteiger partial charge in [0.2, 0.25) is 0 Å². The van der Waals surface area contributed by atoms with Gasteiger partial charge in [0.1, 0.15) is 0 Å². The highest BCUT2D eigenvalue weighted by Crippen LogP contribution is 2.32. The second kappa shape index (κ2) is 4.51. The van der Waals surface area contributed by atoms with Crippen LogP contribution in [0.3, 0.4) is 0 Å². The average Bonchev–Trinajstić information content (AvgIpc) is 2.77. The van der Waals surface area contributed by atoms with Crippen LogP contribution in [-0.4, -0.2) is 11.3 Å². The van der Waals surface area contributed by atoms with Gasteiger partial charge in [-0.25, -0.2) is 0 Å². The highest BCUT2D eigenvalue weighted by atomic mass is 14.9. The summed E-state index contributed by atoms with van der Waals surface area (Å²) in [6.45, 7) is 4.29. The minimum Gasteiger partial charge on any atom is -0.274 e. The zero-order valence-corrected chi connectivity index (χ0v) is 11.3. The van der Waals surface area contributed by atoms with Crippen molar-refractivity contribution in [2.75, 3.05) is 0 Å². The predicted octanol–water partition coefficient (Wildman–Crippen LogP) is 4.35. The molecule has 0 bridgehead atoms. The maximum absolute atomic E-state index is 4.87. The Morgan fingerprint density at radius 2 is 1.26 bits per heavy atom. The number of benzene rings is 2. The monoisotopic (exact) mass is 247 g/mol. The Kier molecular flexibility index (Phi) is 2.83. The third-order valence-corrected chi connectivity index (χ3v) is 3.28. The van der Waals surface area contributed by atoms with Crippen LogP contribution in [0.1, 0.15) is 25.0 Å². The second-order valence-electron chi connectivity index (χ2n) is 5.40. The van der Waals surface area contributed by atoms with E-state index in [0.717, 1.165) is 5.71 Å². The Bertz CT molecular complexity index is 576. The summed E-state index contributed by atoms with van der Waals surface area (Å²) in [5.74, 6) is 0. The number of aliphatic imine (C=N–C) groups is 1. The molecular weight excluding hydrogens is 230 g/mol. The van der Waals surface area contributed by atoms with E-state index in [0.29, 0.717) is 0 Å². The number of nitrogens with zero attached hydrogens (tertiary/aromatic N) is 1. The van der Waals surface area contributed by atoms with Crippen LogP contribution in [-0.2, 0) is 0 Å². The molecule has 0 N–H and O–H groups in total. The van der Waals surface area contributed by atoms with Crippen molar-refractivity contribution in [2.24, 2.45) is 4.99 Å². The van der Waals surface area contributed by atoms with Gasteiger partial charge in [-0.1, -0.05) is 60.7 Å². The smallest absolute Gasteiger partial charge is 0.0748 e. The minimum absolute atomic E-state index is 0.129. The van der Waals surface area contributed by atoms with Crippen LogP contribution in [0.4, 0.5) is 0 Å². The minimum atomic E-state index is -0.129. The summed E-state index contributed by atoms with van der Waals surface area (Å²) >= 11 is 0. The van der Waals surface area contributed by atoms with Crippen LogP contribution < -0.4 is 0 Å². The fourth-order valence-corrected chi connectivity index (χ4v) is 2.46. The standard InChI is InChI=1S/C18H17N/c1-18(2)13-16(14-9-5-3-6-10-14)17(19-18)15-11-7-4-8-12-15/h3-13H,1-2H3. The summed E-state index contributed by atoms with van der Waals surface area (Å²) in [7, 11) is 0. The molecule has 2 aromatic rings. The molecule has 0 amide bonds. The van der Waals surface area contributed by atoms with Crippen molar-refractivity contribution in [3.05, 3.63) is 77.9 Å². The van der Waals surface area contributed by atoms with Gasteiger partial charge in [-0.15, -0.1) is 0 Å². The van der Waals surface area contributed by atoms with Crippen molar-refractivity contribution < 1.29 is 0 Å². The Hall–Kier alpha value is -2.15. The highest BCUT2D eigenvalue weighted by Gasteiger charge is 2.26. The molecule has 0 radical (unpaired) electrons. The summed E-state index contributed by atoms with van der Waals surface area (Å²) < 4.78 is 0. The van der Waals surface area contributed by atoms with E-state index in [9.17, 15) is 0 Å². The fourth-order valence-electron chi connectivity index (χ4n) is 2.46. The van der Waals surface area contributed by atoms with Gasteiger partial charge < -0.3 is 0 Å². The first-order valence-electron chi connectivity index (χ1n) is 6.60. The molecular formula is C18H17N. The third kappa shape index (κ3) is 2.37. The number of rotatable bonds is 2. The molecule has 0 saturated heterocycles. The normalized spacial score (nSPS) is 16.9. The first-order valence-corrected chi connectivity index (χ1v) is 6.60. The molecule has 1 heterocycles. The maximum atomic E-state index is 4.87. The highest BCUT2D eigenvalue weighted by molar-refractivity contribution is 6.33. The molecule has 19 heavy (non-hydrogen) atoms. The van der Waals surface area contributed by atoms with E-state index in [2.05, 4.69) is 68.5 Å². The van der Waals surface area contributed by atoms with Gasteiger partial charge in [0.15, 0.2) is 0 Å². The fraction of sp³-hybridized carbons (Fsp3) is 0.167. The van der Waals surface area contributed by atoms with Crippen LogP contribution >= 0.6 is 0 Å². The Balaban J connectivity index is 2.11. The largest absolute Gasteiger partial charge is 0.274 e. The lowest BCUT2D eigenvalue weighted by Crippen LogP contribution is -2.09. The first-order chi connectivity index (χ1) is 9.16. The maximum Gasteiger partial charge on any atom is 0.0748 e. The van der Waals surface area contributed by atoms with Gasteiger partial charge in [-0.05, 0) is 25.5 Å². The van der Waals surface area contributed by atoms with Gasteiger partial charge in [0, 0.05) is 11.1 Å². The third-order valence-electron chi connectivity index (χ3n) is 3.28. The first kappa shape index (κ1) is 11.9. The Morgan fingerprint density at radius 1 is 0.737 bits per heavy atom. The van der Waals surface area contributed by atoms with E-state index in [1.807, 2.05) is 12.1 Å². The van der Waals surface area contributed by atoms with Crippen LogP contribution in [0, 0.1) is 0 Å². The Morgan fingerprint density at radius 3 is 1.84 bits per heavy atom. The molecule has 0 fully saturated rings. The molecule has 1 aliphatic heterocycles. The van der Waals surface area contributed by atoms with E-state index < -0.39 is 0 Å². The van der Waals surface area contributed by atoms with E-state index in [4.69, 9.17) is 4.99 Å². The molecule has 0 aromatic heterocycles. The van der Waals surface area contributed by atoms with Crippen LogP contribution in [0.2, 0.25) is 0 Å². The molecule has 0 atom stereocenters. The molecule has 94 valence electrons. The molecule has 1 aliphatic rings. The van der Waals surface area contributed by atoms with E-state index in [1.165, 1.54) is 16.7 Å². The van der Waals surface area contributed by atoms with Crippen molar-refractivity contribution >= 4 is 11.3 Å². The number of allylic oxidation sites excluding steroid dienone is 1. The van der Waals surface area contributed by atoms with Crippen LogP contribution in [0.25, 0.3) is 5.57 Å². The summed E-state index contributed by atoms with van der Waals surface area (Å²) in [6, 6.07) is 20.9. The van der Waals surface area contributed by atoms with Gasteiger partial charge in [0.25, 0.3) is 0 Å². The number of hydrogen-bond acceptors (Lipinski definition) is 1. The summed E-state index contributed by atoms with van der Waals surface area (Å²) in [5.41, 5.74) is 4.61. The Labute approximate surface area is 114 Å². The molecule has 0 spiro atoms. The topological polar surface area (TPSA) is 12.4 Å². The molecule has 1 heteroatoms. The zero-order valence-electron chi connectivity index (χ0n) is 11.3. The van der Waals surface area contributed by atoms with Gasteiger partial charge in [-0.2, -0.15) is 0 Å². The lowest BCUT2D eigenvalue weighted by atomic mass is 9.95. The average molecular weight is 247 g/mol.